The molecule has 2 aliphatic rings. The fourth-order valence-corrected chi connectivity index (χ4v) is 4.92. The van der Waals surface area contributed by atoms with E-state index in [1.54, 1.807) is 6.07 Å². The number of phenolic OH excluding ortho intramolecular Hbond substituents is 2. The van der Waals surface area contributed by atoms with Crippen LogP contribution in [0.25, 0.3) is 22.3 Å². The van der Waals surface area contributed by atoms with Gasteiger partial charge in [-0.3, -0.25) is 4.79 Å². The Balaban J connectivity index is 1.36. The Kier molecular flexibility index (Phi) is 8.80. The molecule has 15 nitrogen and oxygen atoms in total. The molecule has 10 atom stereocenters. The van der Waals surface area contributed by atoms with Crippen LogP contribution in [0.1, 0.15) is 6.92 Å². The first-order chi connectivity index (χ1) is 20.4. The minimum absolute atomic E-state index is 0.0517. The number of rotatable bonds is 7. The standard InChI is InChI=1S/C28H32O15/c1-10-21(32)23(34)25(36)27(40-10)39-9-19-22(33)24(35)26(37)28(43-19)41-12-6-14(30)20-15(31)8-17(42-18(20)7-12)11-3-4-16(38-2)13(29)5-11/h3-8,10,19,21-30,32-37H,9H2,1-2H3/t10-,19+,21+,22+,23-,24-,25+,26+,27-,28+/m1/s1. The number of aromatic hydroxyl groups is 2. The van der Waals surface area contributed by atoms with Crippen molar-refractivity contribution in [1.82, 2.24) is 0 Å². The molecular weight excluding hydrogens is 576 g/mol. The van der Waals surface area contributed by atoms with Crippen molar-refractivity contribution in [2.24, 2.45) is 0 Å². The van der Waals surface area contributed by atoms with E-state index in [9.17, 15) is 45.6 Å². The monoisotopic (exact) mass is 608 g/mol. The van der Waals surface area contributed by atoms with Gasteiger partial charge in [-0.25, -0.2) is 0 Å². The van der Waals surface area contributed by atoms with Crippen LogP contribution in [-0.2, 0) is 14.2 Å². The molecule has 1 aromatic heterocycles. The summed E-state index contributed by atoms with van der Waals surface area (Å²) in [6.07, 6.45) is -15.0. The van der Waals surface area contributed by atoms with Crippen LogP contribution in [0.3, 0.4) is 0 Å². The molecule has 2 fully saturated rings. The number of phenols is 2. The summed E-state index contributed by atoms with van der Waals surface area (Å²) in [5, 5.41) is 82.0. The molecule has 3 aromatic rings. The first-order valence-corrected chi connectivity index (χ1v) is 13.3. The molecule has 0 unspecified atom stereocenters. The van der Waals surface area contributed by atoms with Gasteiger partial charge in [-0.05, 0) is 25.1 Å². The molecule has 43 heavy (non-hydrogen) atoms. The molecule has 2 aromatic carbocycles. The fourth-order valence-electron chi connectivity index (χ4n) is 4.92. The SMILES string of the molecule is COc1ccc(-c2cc(=O)c3c(O)cc(O[C@H]4O[C@@H](CO[C@@H]5O[C@H](C)[C@H](O)[C@@H](O)[C@@H]5O)[C@H](O)[C@@H](O)[C@@H]4O)cc3o2)cc1O. The Morgan fingerprint density at radius 1 is 0.791 bits per heavy atom. The number of hydrogen-bond donors (Lipinski definition) is 8. The summed E-state index contributed by atoms with van der Waals surface area (Å²) in [6, 6.07) is 7.78. The smallest absolute Gasteiger partial charge is 0.229 e. The number of ether oxygens (including phenoxy) is 5. The minimum Gasteiger partial charge on any atom is -0.507 e. The van der Waals surface area contributed by atoms with Crippen LogP contribution in [0, 0.1) is 0 Å². The van der Waals surface area contributed by atoms with E-state index in [0.29, 0.717) is 5.56 Å². The van der Waals surface area contributed by atoms with Crippen molar-refractivity contribution in [3.63, 3.8) is 0 Å². The van der Waals surface area contributed by atoms with Crippen LogP contribution in [0.5, 0.6) is 23.0 Å². The molecule has 0 saturated carbocycles. The third-order valence-corrected chi connectivity index (χ3v) is 7.40. The maximum atomic E-state index is 12.8. The lowest BCUT2D eigenvalue weighted by atomic mass is 9.98. The molecule has 2 aliphatic heterocycles. The van der Waals surface area contributed by atoms with Gasteiger partial charge in [-0.15, -0.1) is 0 Å². The van der Waals surface area contributed by atoms with E-state index in [0.717, 1.165) is 12.1 Å². The van der Waals surface area contributed by atoms with Gasteiger partial charge in [0.2, 0.25) is 6.29 Å². The second-order valence-electron chi connectivity index (χ2n) is 10.3. The second kappa shape index (κ2) is 12.2. The maximum Gasteiger partial charge on any atom is 0.229 e. The zero-order valence-electron chi connectivity index (χ0n) is 22.9. The summed E-state index contributed by atoms with van der Waals surface area (Å²) in [7, 11) is 1.38. The number of hydrogen-bond acceptors (Lipinski definition) is 15. The molecule has 8 N–H and O–H groups in total. The lowest BCUT2D eigenvalue weighted by Gasteiger charge is -2.42. The molecule has 15 heteroatoms. The summed E-state index contributed by atoms with van der Waals surface area (Å²) in [4.78, 5) is 12.8. The van der Waals surface area contributed by atoms with E-state index in [1.807, 2.05) is 0 Å². The molecular formula is C28H32O15. The third kappa shape index (κ3) is 5.99. The predicted molar refractivity (Wildman–Crippen MR) is 143 cm³/mol. The van der Waals surface area contributed by atoms with E-state index in [1.165, 1.54) is 32.2 Å². The number of benzene rings is 2. The van der Waals surface area contributed by atoms with Gasteiger partial charge in [0.15, 0.2) is 23.2 Å². The van der Waals surface area contributed by atoms with Crippen molar-refractivity contribution >= 4 is 11.0 Å². The van der Waals surface area contributed by atoms with Crippen molar-refractivity contribution in [2.45, 2.75) is 68.3 Å². The average molecular weight is 609 g/mol. The van der Waals surface area contributed by atoms with Crippen molar-refractivity contribution in [1.29, 1.82) is 0 Å². The van der Waals surface area contributed by atoms with Gasteiger partial charge in [0, 0.05) is 23.8 Å². The molecule has 0 bridgehead atoms. The molecule has 234 valence electrons. The molecule has 3 heterocycles. The second-order valence-corrected chi connectivity index (χ2v) is 10.3. The highest BCUT2D eigenvalue weighted by atomic mass is 16.7. The van der Waals surface area contributed by atoms with Crippen molar-refractivity contribution in [3.8, 4) is 34.3 Å². The van der Waals surface area contributed by atoms with Gasteiger partial charge in [-0.1, -0.05) is 0 Å². The van der Waals surface area contributed by atoms with E-state index in [4.69, 9.17) is 28.1 Å². The highest BCUT2D eigenvalue weighted by molar-refractivity contribution is 5.86. The summed E-state index contributed by atoms with van der Waals surface area (Å²) in [5.74, 6) is -0.605. The van der Waals surface area contributed by atoms with Crippen LogP contribution in [-0.4, -0.2) is 116 Å². The van der Waals surface area contributed by atoms with Gasteiger partial charge >= 0.3 is 0 Å². The number of aliphatic hydroxyl groups excluding tert-OH is 6. The summed E-state index contributed by atoms with van der Waals surface area (Å²) in [6.45, 7) is 0.953. The maximum absolute atomic E-state index is 12.8. The lowest BCUT2D eigenvalue weighted by molar-refractivity contribution is -0.318. The fraction of sp³-hybridized carbons (Fsp3) is 0.464. The number of fused-ring (bicyclic) bond motifs is 1. The lowest BCUT2D eigenvalue weighted by Crippen LogP contribution is -2.61. The van der Waals surface area contributed by atoms with E-state index in [-0.39, 0.29) is 34.0 Å². The first kappa shape index (κ1) is 30.9. The molecule has 5 rings (SSSR count). The largest absolute Gasteiger partial charge is 0.507 e. The Labute approximate surface area is 243 Å². The van der Waals surface area contributed by atoms with Gasteiger partial charge in [0.05, 0.1) is 19.8 Å². The number of methoxy groups -OCH3 is 1. The zero-order valence-corrected chi connectivity index (χ0v) is 22.9. The summed E-state index contributed by atoms with van der Waals surface area (Å²) < 4.78 is 32.9. The Morgan fingerprint density at radius 2 is 1.49 bits per heavy atom. The van der Waals surface area contributed by atoms with Crippen molar-refractivity contribution in [2.75, 3.05) is 13.7 Å². The average Bonchev–Trinajstić information content (AvgIpc) is 2.97. The highest BCUT2D eigenvalue weighted by Gasteiger charge is 2.47. The predicted octanol–water partition coefficient (Wildman–Crippen LogP) is -1.09. The van der Waals surface area contributed by atoms with Crippen LogP contribution >= 0.6 is 0 Å². The molecule has 0 spiro atoms. The van der Waals surface area contributed by atoms with Gasteiger partial charge in [0.1, 0.15) is 71.0 Å². The Bertz CT molecular complexity index is 1510. The Morgan fingerprint density at radius 3 is 2.19 bits per heavy atom. The van der Waals surface area contributed by atoms with Gasteiger partial charge in [-0.2, -0.15) is 0 Å². The van der Waals surface area contributed by atoms with Gasteiger partial charge in [0.25, 0.3) is 0 Å². The van der Waals surface area contributed by atoms with Crippen LogP contribution in [0.4, 0.5) is 0 Å². The molecule has 2 saturated heterocycles. The summed E-state index contributed by atoms with van der Waals surface area (Å²) in [5.41, 5.74) is -0.381. The van der Waals surface area contributed by atoms with E-state index < -0.39 is 79.2 Å². The molecule has 0 aliphatic carbocycles. The topological polar surface area (TPSA) is 238 Å². The van der Waals surface area contributed by atoms with Gasteiger partial charge < -0.3 is 69.0 Å². The molecule has 0 radical (unpaired) electrons. The van der Waals surface area contributed by atoms with Crippen LogP contribution in [0.15, 0.2) is 45.6 Å². The van der Waals surface area contributed by atoms with Crippen molar-refractivity contribution < 1.29 is 69.0 Å². The zero-order chi connectivity index (χ0) is 31.2. The number of aliphatic hydroxyl groups is 6. The van der Waals surface area contributed by atoms with E-state index >= 15 is 0 Å². The quantitative estimate of drug-likeness (QED) is 0.159. The highest BCUT2D eigenvalue weighted by Crippen LogP contribution is 2.35. The van der Waals surface area contributed by atoms with Crippen LogP contribution in [0.2, 0.25) is 0 Å². The van der Waals surface area contributed by atoms with E-state index in [2.05, 4.69) is 0 Å². The van der Waals surface area contributed by atoms with Crippen LogP contribution < -0.4 is 14.9 Å². The first-order valence-electron chi connectivity index (χ1n) is 13.3. The molecule has 0 amide bonds. The Hall–Kier alpha value is -3.51. The minimum atomic E-state index is -1.78. The van der Waals surface area contributed by atoms with Crippen molar-refractivity contribution in [3.05, 3.63) is 46.6 Å². The summed E-state index contributed by atoms with van der Waals surface area (Å²) >= 11 is 0. The third-order valence-electron chi connectivity index (χ3n) is 7.40. The normalized spacial score (nSPS) is 32.9.